The van der Waals surface area contributed by atoms with Crippen LogP contribution in [0, 0.1) is 0 Å². The van der Waals surface area contributed by atoms with E-state index in [1.807, 2.05) is 29.8 Å². The van der Waals surface area contributed by atoms with Gasteiger partial charge < -0.3 is 9.30 Å². The number of aryl methyl sites for hydroxylation is 2. The molecule has 0 amide bonds. The van der Waals surface area contributed by atoms with E-state index in [2.05, 4.69) is 20.7 Å². The maximum atomic E-state index is 11.2. The van der Waals surface area contributed by atoms with Crippen LogP contribution < -0.4 is 0 Å². The third-order valence-electron chi connectivity index (χ3n) is 3.00. The van der Waals surface area contributed by atoms with Crippen molar-refractivity contribution in [3.8, 4) is 0 Å². The minimum atomic E-state index is -0.207. The van der Waals surface area contributed by atoms with Gasteiger partial charge in [-0.15, -0.1) is 0 Å². The number of carbonyl (C=O) groups is 1. The zero-order valence-electron chi connectivity index (χ0n) is 10.2. The summed E-state index contributed by atoms with van der Waals surface area (Å²) in [4.78, 5) is 11.2. The Labute approximate surface area is 119 Å². The first-order chi connectivity index (χ1) is 8.54. The molecule has 0 unspecified atom stereocenters. The summed E-state index contributed by atoms with van der Waals surface area (Å²) in [5, 5.41) is 1.76. The van der Waals surface area contributed by atoms with Crippen LogP contribution in [0.25, 0.3) is 10.9 Å². The van der Waals surface area contributed by atoms with Crippen molar-refractivity contribution in [1.29, 1.82) is 0 Å². The quantitative estimate of drug-likeness (QED) is 0.804. The SMILES string of the molecule is COC(=O)CCc1c(Br)n(C)c2ccc(Cl)cc12. The van der Waals surface area contributed by atoms with E-state index in [0.29, 0.717) is 17.9 Å². The smallest absolute Gasteiger partial charge is 0.305 e. The molecule has 0 aliphatic carbocycles. The number of aromatic nitrogens is 1. The number of esters is 1. The second kappa shape index (κ2) is 5.33. The maximum Gasteiger partial charge on any atom is 0.305 e. The molecule has 0 saturated carbocycles. The first kappa shape index (κ1) is 13.4. The monoisotopic (exact) mass is 329 g/mol. The molecule has 1 aromatic heterocycles. The van der Waals surface area contributed by atoms with Gasteiger partial charge in [0.05, 0.1) is 11.7 Å². The lowest BCUT2D eigenvalue weighted by Gasteiger charge is -2.00. The summed E-state index contributed by atoms with van der Waals surface area (Å²) in [7, 11) is 3.37. The standard InChI is InChI=1S/C13H13BrClNO2/c1-16-11-5-3-8(15)7-10(11)9(13(16)14)4-6-12(17)18-2/h3,5,7H,4,6H2,1-2H3. The highest BCUT2D eigenvalue weighted by Gasteiger charge is 2.14. The average molecular weight is 331 g/mol. The predicted molar refractivity (Wildman–Crippen MR) is 76.0 cm³/mol. The van der Waals surface area contributed by atoms with Crippen LogP contribution in [-0.2, 0) is 23.0 Å². The summed E-state index contributed by atoms with van der Waals surface area (Å²) < 4.78 is 7.68. The molecular formula is C13H13BrClNO2. The van der Waals surface area contributed by atoms with Crippen LogP contribution in [-0.4, -0.2) is 17.6 Å². The van der Waals surface area contributed by atoms with Crippen LogP contribution in [0.3, 0.4) is 0 Å². The highest BCUT2D eigenvalue weighted by Crippen LogP contribution is 2.32. The van der Waals surface area contributed by atoms with E-state index in [4.69, 9.17) is 11.6 Å². The summed E-state index contributed by atoms with van der Waals surface area (Å²) in [6.07, 6.45) is 0.992. The summed E-state index contributed by atoms with van der Waals surface area (Å²) in [6, 6.07) is 5.76. The number of carbonyl (C=O) groups excluding carboxylic acids is 1. The zero-order valence-corrected chi connectivity index (χ0v) is 12.5. The molecule has 0 radical (unpaired) electrons. The molecule has 0 aliphatic heterocycles. The maximum absolute atomic E-state index is 11.2. The fraction of sp³-hybridized carbons (Fsp3) is 0.308. The van der Waals surface area contributed by atoms with Crippen molar-refractivity contribution in [2.24, 2.45) is 7.05 Å². The van der Waals surface area contributed by atoms with E-state index in [1.54, 1.807) is 0 Å². The van der Waals surface area contributed by atoms with Gasteiger partial charge in [-0.05, 0) is 46.1 Å². The van der Waals surface area contributed by atoms with Gasteiger partial charge in [0.1, 0.15) is 0 Å². The van der Waals surface area contributed by atoms with Crippen LogP contribution >= 0.6 is 27.5 Å². The molecule has 96 valence electrons. The van der Waals surface area contributed by atoms with E-state index in [0.717, 1.165) is 21.1 Å². The number of fused-ring (bicyclic) bond motifs is 1. The van der Waals surface area contributed by atoms with Crippen molar-refractivity contribution in [2.75, 3.05) is 7.11 Å². The molecule has 0 spiro atoms. The predicted octanol–water partition coefficient (Wildman–Crippen LogP) is 3.70. The lowest BCUT2D eigenvalue weighted by molar-refractivity contribution is -0.140. The molecule has 0 N–H and O–H groups in total. The zero-order chi connectivity index (χ0) is 13.3. The fourth-order valence-corrected chi connectivity index (χ4v) is 2.80. The largest absolute Gasteiger partial charge is 0.469 e. The van der Waals surface area contributed by atoms with Crippen molar-refractivity contribution in [2.45, 2.75) is 12.8 Å². The number of hydrogen-bond donors (Lipinski definition) is 0. The van der Waals surface area contributed by atoms with Crippen LogP contribution in [0.4, 0.5) is 0 Å². The number of benzene rings is 1. The van der Waals surface area contributed by atoms with Gasteiger partial charge in [0.15, 0.2) is 0 Å². The summed E-state index contributed by atoms with van der Waals surface area (Å²) in [5.41, 5.74) is 2.17. The van der Waals surface area contributed by atoms with Crippen molar-refractivity contribution in [3.05, 3.63) is 33.4 Å². The highest BCUT2D eigenvalue weighted by atomic mass is 79.9. The Hall–Kier alpha value is -1.00. The fourth-order valence-electron chi connectivity index (χ4n) is 2.03. The second-order valence-corrected chi connectivity index (χ2v) is 5.25. The third kappa shape index (κ3) is 2.40. The number of hydrogen-bond acceptors (Lipinski definition) is 2. The van der Waals surface area contributed by atoms with Crippen molar-refractivity contribution in [1.82, 2.24) is 4.57 Å². The van der Waals surface area contributed by atoms with E-state index in [1.165, 1.54) is 7.11 Å². The summed E-state index contributed by atoms with van der Waals surface area (Å²) in [6.45, 7) is 0. The number of halogens is 2. The lowest BCUT2D eigenvalue weighted by Crippen LogP contribution is -2.02. The third-order valence-corrected chi connectivity index (χ3v) is 4.24. The van der Waals surface area contributed by atoms with Gasteiger partial charge in [-0.1, -0.05) is 11.6 Å². The van der Waals surface area contributed by atoms with Crippen LogP contribution in [0.15, 0.2) is 22.8 Å². The van der Waals surface area contributed by atoms with Gasteiger partial charge in [0.2, 0.25) is 0 Å². The van der Waals surface area contributed by atoms with Crippen molar-refractivity contribution in [3.63, 3.8) is 0 Å². The minimum Gasteiger partial charge on any atom is -0.469 e. The van der Waals surface area contributed by atoms with Crippen LogP contribution in [0.5, 0.6) is 0 Å². The molecule has 2 aromatic rings. The molecule has 3 nitrogen and oxygen atoms in total. The lowest BCUT2D eigenvalue weighted by atomic mass is 10.1. The Kier molecular flexibility index (Phi) is 3.97. The topological polar surface area (TPSA) is 31.2 Å². The number of nitrogens with zero attached hydrogens (tertiary/aromatic N) is 1. The average Bonchev–Trinajstić information content (AvgIpc) is 2.59. The molecule has 0 fully saturated rings. The first-order valence-electron chi connectivity index (χ1n) is 5.53. The molecule has 1 aromatic carbocycles. The normalized spacial score (nSPS) is 10.9. The van der Waals surface area contributed by atoms with Crippen LogP contribution in [0.2, 0.25) is 5.02 Å². The summed E-state index contributed by atoms with van der Waals surface area (Å²) >= 11 is 9.58. The molecule has 5 heteroatoms. The molecule has 0 aliphatic rings. The molecule has 0 bridgehead atoms. The van der Waals surface area contributed by atoms with Crippen LogP contribution in [0.1, 0.15) is 12.0 Å². The molecule has 2 rings (SSSR count). The molecule has 0 atom stereocenters. The number of ether oxygens (including phenoxy) is 1. The molecular weight excluding hydrogens is 318 g/mol. The van der Waals surface area contributed by atoms with E-state index in [9.17, 15) is 4.79 Å². The first-order valence-corrected chi connectivity index (χ1v) is 6.70. The highest BCUT2D eigenvalue weighted by molar-refractivity contribution is 9.10. The van der Waals surface area contributed by atoms with E-state index >= 15 is 0 Å². The van der Waals surface area contributed by atoms with Gasteiger partial charge in [-0.2, -0.15) is 0 Å². The van der Waals surface area contributed by atoms with Gasteiger partial charge >= 0.3 is 5.97 Å². The van der Waals surface area contributed by atoms with Gasteiger partial charge in [-0.3, -0.25) is 4.79 Å². The van der Waals surface area contributed by atoms with Gasteiger partial charge in [0, 0.05) is 29.4 Å². The Morgan fingerprint density at radius 3 is 2.89 bits per heavy atom. The Morgan fingerprint density at radius 1 is 1.50 bits per heavy atom. The Balaban J connectivity index is 2.45. The van der Waals surface area contributed by atoms with Crippen molar-refractivity contribution >= 4 is 44.4 Å². The summed E-state index contributed by atoms with van der Waals surface area (Å²) in [5.74, 6) is -0.207. The van der Waals surface area contributed by atoms with Gasteiger partial charge in [0.25, 0.3) is 0 Å². The Morgan fingerprint density at radius 2 is 2.22 bits per heavy atom. The molecule has 1 heterocycles. The van der Waals surface area contributed by atoms with E-state index < -0.39 is 0 Å². The second-order valence-electron chi connectivity index (χ2n) is 4.07. The number of methoxy groups -OCH3 is 1. The van der Waals surface area contributed by atoms with Crippen molar-refractivity contribution < 1.29 is 9.53 Å². The van der Waals surface area contributed by atoms with E-state index in [-0.39, 0.29) is 5.97 Å². The molecule has 18 heavy (non-hydrogen) atoms. The molecule has 0 saturated heterocycles. The minimum absolute atomic E-state index is 0.207. The number of rotatable bonds is 3. The Bertz CT molecular complexity index is 607. The van der Waals surface area contributed by atoms with Gasteiger partial charge in [-0.25, -0.2) is 0 Å².